The van der Waals surface area contributed by atoms with Gasteiger partial charge in [0.05, 0.1) is 49.7 Å². The second kappa shape index (κ2) is 22.5. The molecule has 8 rings (SSSR count). The summed E-state index contributed by atoms with van der Waals surface area (Å²) in [6.45, 7) is 18.8. The van der Waals surface area contributed by atoms with Gasteiger partial charge in [-0.2, -0.15) is 0 Å². The molecular weight excluding hydrogens is 1040 g/mol. The number of ether oxygens (including phenoxy) is 8. The van der Waals surface area contributed by atoms with Crippen molar-refractivity contribution in [1.29, 1.82) is 0 Å². The van der Waals surface area contributed by atoms with Gasteiger partial charge in [-0.3, -0.25) is 0 Å². The minimum atomic E-state index is -1.91. The summed E-state index contributed by atoms with van der Waals surface area (Å²) in [5, 5.41) is 122. The van der Waals surface area contributed by atoms with Crippen LogP contribution in [-0.4, -0.2) is 204 Å². The second-order valence-corrected chi connectivity index (χ2v) is 25.9. The lowest BCUT2D eigenvalue weighted by atomic mass is 9.32. The molecule has 0 aromatic rings. The molecule has 8 aliphatic rings. The van der Waals surface area contributed by atoms with Crippen molar-refractivity contribution in [1.82, 2.24) is 0 Å². The third kappa shape index (κ3) is 9.89. The van der Waals surface area contributed by atoms with Crippen molar-refractivity contribution in [3.05, 3.63) is 34.9 Å². The van der Waals surface area contributed by atoms with Gasteiger partial charge in [-0.05, 0) is 100 Å². The van der Waals surface area contributed by atoms with Crippen molar-refractivity contribution < 1.29 is 108 Å². The maximum Gasteiger partial charge on any atom is 0.333 e. The van der Waals surface area contributed by atoms with E-state index >= 15 is 0 Å². The molecule has 5 aliphatic carbocycles. The summed E-state index contributed by atoms with van der Waals surface area (Å²) in [4.78, 5) is 40.3. The Morgan fingerprint density at radius 1 is 0.671 bits per heavy atom. The monoisotopic (exact) mass is 1120 g/mol. The number of fused-ring (bicyclic) bond motifs is 7. The van der Waals surface area contributed by atoms with E-state index in [4.69, 9.17) is 37.9 Å². The Balaban J connectivity index is 1.13. The van der Waals surface area contributed by atoms with E-state index < -0.39 is 193 Å². The molecule has 25 atom stereocenters. The number of hydrogen-bond donors (Lipinski definition) is 11. The molecule has 0 bridgehead atoms. The minimum Gasteiger partial charge on any atom is -0.479 e. The first-order valence-electron chi connectivity index (χ1n) is 28.0. The summed E-state index contributed by atoms with van der Waals surface area (Å²) in [6.07, 6.45) is -19.5. The zero-order valence-electron chi connectivity index (χ0n) is 47.3. The molecule has 3 saturated heterocycles. The van der Waals surface area contributed by atoms with E-state index in [-0.39, 0.29) is 17.4 Å². The van der Waals surface area contributed by atoms with Crippen LogP contribution in [0.5, 0.6) is 0 Å². The maximum absolute atomic E-state index is 13.8. The fraction of sp³-hybridized carbons (Fsp3) is 0.842. The van der Waals surface area contributed by atoms with Gasteiger partial charge in [-0.25, -0.2) is 14.4 Å². The Hall–Kier alpha value is -3.01. The Morgan fingerprint density at radius 3 is 1.78 bits per heavy atom. The third-order valence-electron chi connectivity index (χ3n) is 21.3. The minimum absolute atomic E-state index is 0.101. The fourth-order valence-corrected chi connectivity index (χ4v) is 16.2. The lowest BCUT2D eigenvalue weighted by Gasteiger charge is -2.73. The maximum atomic E-state index is 13.8. The third-order valence-corrected chi connectivity index (χ3v) is 21.3. The van der Waals surface area contributed by atoms with Gasteiger partial charge >= 0.3 is 17.9 Å². The Morgan fingerprint density at radius 2 is 1.23 bits per heavy atom. The lowest BCUT2D eigenvalue weighted by molar-refractivity contribution is -0.374. The van der Waals surface area contributed by atoms with E-state index in [1.807, 2.05) is 20.8 Å². The number of aliphatic carboxylic acids is 1. The SMILES string of the molecule is C/C=C(/C)C(=O)O[C@H]1[C@H](OC(=O)/C(C)=C\C)[C@]2(CO)[C@H](O)[C@H](O)[C@]3(C)C(=CC[C@@H]4[C@@]5(C)CC[C@H](O[C@@H]6O[C@H](C(=O)O)C[C@H](O[C@@H]7O[C@@H](CO)[C@H](O)[C@H]7O)[C@H]6O[C@@H]6O[C@H](CO)[C@H](O)[C@H](O)[C@H]6O)C(C)(C)[C@@H]5CC[C@]43C)[C@@H]2CC1(C)C. The quantitative estimate of drug-likeness (QED) is 0.0505. The van der Waals surface area contributed by atoms with Gasteiger partial charge in [-0.15, -0.1) is 0 Å². The van der Waals surface area contributed by atoms with Crippen LogP contribution in [0.15, 0.2) is 34.9 Å². The number of aliphatic hydroxyl groups excluding tert-OH is 10. The molecule has 0 aromatic heterocycles. The predicted molar refractivity (Wildman–Crippen MR) is 275 cm³/mol. The van der Waals surface area contributed by atoms with Crippen LogP contribution in [0.25, 0.3) is 0 Å². The van der Waals surface area contributed by atoms with Crippen LogP contribution in [0.2, 0.25) is 0 Å². The molecule has 0 radical (unpaired) electrons. The molecule has 0 unspecified atom stereocenters. The van der Waals surface area contributed by atoms with Crippen molar-refractivity contribution in [3.8, 4) is 0 Å². The number of aliphatic hydroxyl groups is 10. The number of hydrogen-bond acceptors (Lipinski definition) is 21. The smallest absolute Gasteiger partial charge is 0.333 e. The first-order chi connectivity index (χ1) is 36.9. The van der Waals surface area contributed by atoms with Gasteiger partial charge < -0.3 is 94.1 Å². The van der Waals surface area contributed by atoms with Gasteiger partial charge in [0.1, 0.15) is 54.9 Å². The second-order valence-electron chi connectivity index (χ2n) is 25.9. The number of carboxylic acid groups (broad SMARTS) is 1. The summed E-state index contributed by atoms with van der Waals surface area (Å²) in [6, 6.07) is 0. The Bertz CT molecular complexity index is 2350. The zero-order valence-corrected chi connectivity index (χ0v) is 47.3. The van der Waals surface area contributed by atoms with Crippen molar-refractivity contribution in [2.75, 3.05) is 19.8 Å². The normalized spacial score (nSPS) is 48.6. The topological polar surface area (TPSA) is 348 Å². The van der Waals surface area contributed by atoms with Gasteiger partial charge in [-0.1, -0.05) is 72.3 Å². The van der Waals surface area contributed by atoms with E-state index in [2.05, 4.69) is 33.8 Å². The number of allylic oxidation sites excluding steroid dienone is 3. The van der Waals surface area contributed by atoms with Crippen molar-refractivity contribution in [3.63, 3.8) is 0 Å². The summed E-state index contributed by atoms with van der Waals surface area (Å²) in [5.74, 6) is -3.63. The standard InChI is InChI=1S/C57H88O22/c1-12-25(3)47(70)78-44-45(79-48(71)26(4)13-2)57(24-60)28(21-52(44,5)6)27-14-15-34-54(9)18-17-35(53(7,8)33(54)16-19-55(34,10)56(27,11)42(66)43(57)67)76-51-41(77-50-40(65)38(63)36(61)31(22-58)75-50)29(20-30(73-51)46(68)69)72-49-39(64)37(62)32(23-59)74-49/h12-14,28-45,49-51,58-67H,15-24H2,1-11H3,(H,68,69)/b25-12-,26-13-/t28-,29-,30-,31+,32-,33-,34+,35-,36-,37-,38-,39+,40+,41+,42-,43+,44-,45-,49+,50-,51-,54-,55+,56-,57-/m0/s1. The highest BCUT2D eigenvalue weighted by atomic mass is 16.8. The summed E-state index contributed by atoms with van der Waals surface area (Å²) in [5.41, 5.74) is -4.16. The Labute approximate surface area is 461 Å². The van der Waals surface area contributed by atoms with E-state index in [1.54, 1.807) is 39.8 Å². The van der Waals surface area contributed by atoms with Gasteiger partial charge in [0.25, 0.3) is 0 Å². The highest BCUT2D eigenvalue weighted by Gasteiger charge is 2.76. The molecule has 0 amide bonds. The van der Waals surface area contributed by atoms with Crippen molar-refractivity contribution in [2.45, 2.75) is 232 Å². The molecule has 0 aromatic carbocycles. The molecule has 79 heavy (non-hydrogen) atoms. The molecule has 11 N–H and O–H groups in total. The van der Waals surface area contributed by atoms with Crippen LogP contribution in [0.3, 0.4) is 0 Å². The molecule has 4 saturated carbocycles. The summed E-state index contributed by atoms with van der Waals surface area (Å²) < 4.78 is 49.6. The van der Waals surface area contributed by atoms with Crippen LogP contribution < -0.4 is 0 Å². The number of carbonyl (C=O) groups excluding carboxylic acids is 2. The molecule has 0 spiro atoms. The molecule has 3 aliphatic heterocycles. The number of rotatable bonds is 14. The zero-order chi connectivity index (χ0) is 58.4. The average Bonchev–Trinajstić information content (AvgIpc) is 2.90. The molecule has 3 heterocycles. The average molecular weight is 1130 g/mol. The molecule has 22 nitrogen and oxygen atoms in total. The molecular formula is C57H88O22. The first-order valence-corrected chi connectivity index (χ1v) is 28.0. The van der Waals surface area contributed by atoms with Crippen LogP contribution >= 0.6 is 0 Å². The first kappa shape index (κ1) is 62.0. The molecule has 7 fully saturated rings. The highest BCUT2D eigenvalue weighted by molar-refractivity contribution is 5.89. The Kier molecular flexibility index (Phi) is 17.7. The molecule has 448 valence electrons. The summed E-state index contributed by atoms with van der Waals surface area (Å²) >= 11 is 0. The highest BCUT2D eigenvalue weighted by Crippen LogP contribution is 2.76. The van der Waals surface area contributed by atoms with Crippen molar-refractivity contribution >= 4 is 17.9 Å². The van der Waals surface area contributed by atoms with E-state index in [0.29, 0.717) is 44.1 Å². The van der Waals surface area contributed by atoms with Gasteiger partial charge in [0.15, 0.2) is 31.1 Å². The summed E-state index contributed by atoms with van der Waals surface area (Å²) in [7, 11) is 0. The van der Waals surface area contributed by atoms with E-state index in [9.17, 15) is 70.6 Å². The van der Waals surface area contributed by atoms with Crippen LogP contribution in [0.4, 0.5) is 0 Å². The van der Waals surface area contributed by atoms with E-state index in [0.717, 1.165) is 5.57 Å². The van der Waals surface area contributed by atoms with Gasteiger partial charge in [0.2, 0.25) is 0 Å². The van der Waals surface area contributed by atoms with Crippen LogP contribution in [0, 0.1) is 50.2 Å². The van der Waals surface area contributed by atoms with Crippen LogP contribution in [0.1, 0.15) is 121 Å². The predicted octanol–water partition coefficient (Wildman–Crippen LogP) is 1.29. The number of carboxylic acids is 1. The van der Waals surface area contributed by atoms with Crippen molar-refractivity contribution in [2.24, 2.45) is 50.2 Å². The number of esters is 2. The largest absolute Gasteiger partial charge is 0.479 e. The molecule has 22 heteroatoms. The van der Waals surface area contributed by atoms with E-state index in [1.165, 1.54) is 0 Å². The number of carbonyl (C=O) groups is 3. The van der Waals surface area contributed by atoms with Crippen LogP contribution in [-0.2, 0) is 52.3 Å². The fourth-order valence-electron chi connectivity index (χ4n) is 16.2. The van der Waals surface area contributed by atoms with Gasteiger partial charge in [0, 0.05) is 28.4 Å². The lowest BCUT2D eigenvalue weighted by Crippen LogP contribution is -2.76.